The third-order valence-corrected chi connectivity index (χ3v) is 5.47. The summed E-state index contributed by atoms with van der Waals surface area (Å²) in [6.45, 7) is 4.10. The van der Waals surface area contributed by atoms with Crippen molar-refractivity contribution < 1.29 is 19.1 Å². The van der Waals surface area contributed by atoms with Crippen molar-refractivity contribution in [3.63, 3.8) is 0 Å². The summed E-state index contributed by atoms with van der Waals surface area (Å²) < 4.78 is 11.1. The van der Waals surface area contributed by atoms with E-state index < -0.39 is 5.97 Å². The van der Waals surface area contributed by atoms with Crippen LogP contribution in [0.15, 0.2) is 48.5 Å². The van der Waals surface area contributed by atoms with Crippen molar-refractivity contribution in [2.24, 2.45) is 0 Å². The molecule has 2 aromatic rings. The highest BCUT2D eigenvalue weighted by atomic mass is 35.5. The molecule has 0 unspecified atom stereocenters. The lowest BCUT2D eigenvalue weighted by Crippen LogP contribution is -2.49. The number of esters is 1. The van der Waals surface area contributed by atoms with Crippen molar-refractivity contribution in [2.45, 2.75) is 51.8 Å². The van der Waals surface area contributed by atoms with E-state index in [2.05, 4.69) is 0 Å². The number of benzene rings is 2. The van der Waals surface area contributed by atoms with Crippen molar-refractivity contribution in [1.82, 2.24) is 4.90 Å². The van der Waals surface area contributed by atoms with Crippen molar-refractivity contribution in [1.29, 1.82) is 0 Å². The summed E-state index contributed by atoms with van der Waals surface area (Å²) >= 11 is 5.90. The van der Waals surface area contributed by atoms with Gasteiger partial charge < -0.3 is 14.4 Å². The second-order valence-electron chi connectivity index (χ2n) is 7.42. The van der Waals surface area contributed by atoms with Crippen LogP contribution in [-0.2, 0) is 16.1 Å². The molecule has 0 N–H and O–H groups in total. The smallest absolute Gasteiger partial charge is 0.342 e. The molecule has 0 aromatic heterocycles. The molecule has 2 atom stereocenters. The zero-order valence-corrected chi connectivity index (χ0v) is 17.5. The standard InChI is InChI=1S/C23H26ClNO4/c1-16-6-5-7-17(2)25(16)22(26)15-29-23(27)20-8-3-4-9-21(20)28-14-18-10-12-19(24)13-11-18/h3-4,8-13,16-17H,5-7,14-15H2,1-2H3/t16-,17-/m0/s1. The largest absolute Gasteiger partial charge is 0.488 e. The summed E-state index contributed by atoms with van der Waals surface area (Å²) in [5.41, 5.74) is 1.23. The van der Waals surface area contributed by atoms with Gasteiger partial charge in [-0.25, -0.2) is 4.79 Å². The first-order valence-electron chi connectivity index (χ1n) is 9.90. The van der Waals surface area contributed by atoms with E-state index in [-0.39, 0.29) is 24.6 Å². The highest BCUT2D eigenvalue weighted by Gasteiger charge is 2.29. The molecule has 6 heteroatoms. The average Bonchev–Trinajstić information content (AvgIpc) is 2.71. The normalized spacial score (nSPS) is 18.9. The first-order valence-corrected chi connectivity index (χ1v) is 10.3. The maximum atomic E-state index is 12.6. The number of piperidine rings is 1. The number of amides is 1. The topological polar surface area (TPSA) is 55.8 Å². The third-order valence-electron chi connectivity index (χ3n) is 5.22. The minimum atomic E-state index is -0.567. The molecule has 5 nitrogen and oxygen atoms in total. The first kappa shape index (κ1) is 21.2. The number of likely N-dealkylation sites (tertiary alicyclic amines) is 1. The molecule has 29 heavy (non-hydrogen) atoms. The Hall–Kier alpha value is -2.53. The van der Waals surface area contributed by atoms with Crippen LogP contribution in [0.3, 0.4) is 0 Å². The van der Waals surface area contributed by atoms with Gasteiger partial charge in [0, 0.05) is 17.1 Å². The van der Waals surface area contributed by atoms with Gasteiger partial charge in [-0.3, -0.25) is 4.79 Å². The lowest BCUT2D eigenvalue weighted by atomic mass is 9.97. The van der Waals surface area contributed by atoms with Gasteiger partial charge in [0.1, 0.15) is 17.9 Å². The molecular formula is C23H26ClNO4. The molecule has 0 bridgehead atoms. The van der Waals surface area contributed by atoms with Crippen molar-refractivity contribution in [3.8, 4) is 5.75 Å². The van der Waals surface area contributed by atoms with Crippen LogP contribution in [0, 0.1) is 0 Å². The SMILES string of the molecule is C[C@H]1CCC[C@H](C)N1C(=O)COC(=O)c1ccccc1OCc1ccc(Cl)cc1. The van der Waals surface area contributed by atoms with Crippen LogP contribution < -0.4 is 4.74 Å². The number of rotatable bonds is 6. The molecule has 154 valence electrons. The maximum Gasteiger partial charge on any atom is 0.342 e. The number of ether oxygens (including phenoxy) is 2. The van der Waals surface area contributed by atoms with E-state index in [9.17, 15) is 9.59 Å². The van der Waals surface area contributed by atoms with Gasteiger partial charge in [-0.1, -0.05) is 35.9 Å². The van der Waals surface area contributed by atoms with E-state index in [0.717, 1.165) is 24.8 Å². The van der Waals surface area contributed by atoms with E-state index in [1.807, 2.05) is 30.9 Å². The van der Waals surface area contributed by atoms with Crippen LogP contribution in [0.4, 0.5) is 0 Å². The molecule has 2 aromatic carbocycles. The minimum absolute atomic E-state index is 0.155. The molecule has 1 amide bonds. The number of carbonyl (C=O) groups excluding carboxylic acids is 2. The van der Waals surface area contributed by atoms with E-state index in [4.69, 9.17) is 21.1 Å². The molecule has 1 aliphatic heterocycles. The van der Waals surface area contributed by atoms with Gasteiger partial charge in [0.2, 0.25) is 0 Å². The van der Waals surface area contributed by atoms with Crippen LogP contribution in [0.5, 0.6) is 5.75 Å². The molecule has 0 saturated carbocycles. The van der Waals surface area contributed by atoms with E-state index in [1.165, 1.54) is 0 Å². The number of nitrogens with zero attached hydrogens (tertiary/aromatic N) is 1. The monoisotopic (exact) mass is 415 g/mol. The Balaban J connectivity index is 1.60. The van der Waals surface area contributed by atoms with Crippen molar-refractivity contribution in [3.05, 3.63) is 64.7 Å². The van der Waals surface area contributed by atoms with Gasteiger partial charge in [-0.15, -0.1) is 0 Å². The van der Waals surface area contributed by atoms with Gasteiger partial charge in [0.05, 0.1) is 0 Å². The van der Waals surface area contributed by atoms with E-state index >= 15 is 0 Å². The Morgan fingerprint density at radius 3 is 2.38 bits per heavy atom. The Kier molecular flexibility index (Phi) is 7.15. The van der Waals surface area contributed by atoms with E-state index in [1.54, 1.807) is 36.4 Å². The molecule has 0 spiro atoms. The Morgan fingerprint density at radius 2 is 1.69 bits per heavy atom. The number of carbonyl (C=O) groups is 2. The second-order valence-corrected chi connectivity index (χ2v) is 7.85. The second kappa shape index (κ2) is 9.79. The third kappa shape index (κ3) is 5.51. The summed E-state index contributed by atoms with van der Waals surface area (Å²) in [5.74, 6) is -0.306. The highest BCUT2D eigenvalue weighted by Crippen LogP contribution is 2.24. The molecule has 1 heterocycles. The summed E-state index contributed by atoms with van der Waals surface area (Å²) in [6, 6.07) is 14.5. The summed E-state index contributed by atoms with van der Waals surface area (Å²) in [7, 11) is 0. The van der Waals surface area contributed by atoms with Gasteiger partial charge in [-0.2, -0.15) is 0 Å². The fraction of sp³-hybridized carbons (Fsp3) is 0.391. The first-order chi connectivity index (χ1) is 14.0. The fourth-order valence-electron chi connectivity index (χ4n) is 3.70. The number of para-hydroxylation sites is 1. The van der Waals surface area contributed by atoms with E-state index in [0.29, 0.717) is 22.9 Å². The summed E-state index contributed by atoms with van der Waals surface area (Å²) in [5, 5.41) is 0.653. The molecule has 1 saturated heterocycles. The molecule has 0 aliphatic carbocycles. The van der Waals surface area contributed by atoms with Crippen LogP contribution in [-0.4, -0.2) is 35.5 Å². The lowest BCUT2D eigenvalue weighted by molar-refractivity contribution is -0.140. The fourth-order valence-corrected chi connectivity index (χ4v) is 3.82. The molecular weight excluding hydrogens is 390 g/mol. The Labute approximate surface area is 176 Å². The van der Waals surface area contributed by atoms with Crippen LogP contribution in [0.25, 0.3) is 0 Å². The van der Waals surface area contributed by atoms with Gasteiger partial charge >= 0.3 is 5.97 Å². The van der Waals surface area contributed by atoms with Gasteiger partial charge in [-0.05, 0) is 62.9 Å². The van der Waals surface area contributed by atoms with Crippen LogP contribution >= 0.6 is 11.6 Å². The quantitative estimate of drug-likeness (QED) is 0.632. The highest BCUT2D eigenvalue weighted by molar-refractivity contribution is 6.30. The Bertz CT molecular complexity index is 842. The number of hydrogen-bond donors (Lipinski definition) is 0. The molecule has 1 aliphatic rings. The van der Waals surface area contributed by atoms with Crippen molar-refractivity contribution >= 4 is 23.5 Å². The van der Waals surface area contributed by atoms with Crippen LogP contribution in [0.1, 0.15) is 49.0 Å². The number of halogens is 1. The predicted octanol–water partition coefficient (Wildman–Crippen LogP) is 4.87. The van der Waals surface area contributed by atoms with Crippen LogP contribution in [0.2, 0.25) is 5.02 Å². The minimum Gasteiger partial charge on any atom is -0.488 e. The molecule has 3 rings (SSSR count). The average molecular weight is 416 g/mol. The Morgan fingerprint density at radius 1 is 1.03 bits per heavy atom. The molecule has 0 radical (unpaired) electrons. The predicted molar refractivity (Wildman–Crippen MR) is 112 cm³/mol. The summed E-state index contributed by atoms with van der Waals surface area (Å²) in [4.78, 5) is 27.0. The lowest BCUT2D eigenvalue weighted by Gasteiger charge is -2.38. The molecule has 1 fully saturated rings. The number of hydrogen-bond acceptors (Lipinski definition) is 4. The van der Waals surface area contributed by atoms with Gasteiger partial charge in [0.15, 0.2) is 6.61 Å². The van der Waals surface area contributed by atoms with Crippen molar-refractivity contribution in [2.75, 3.05) is 6.61 Å². The zero-order chi connectivity index (χ0) is 20.8. The van der Waals surface area contributed by atoms with Gasteiger partial charge in [0.25, 0.3) is 5.91 Å². The zero-order valence-electron chi connectivity index (χ0n) is 16.8. The summed E-state index contributed by atoms with van der Waals surface area (Å²) in [6.07, 6.45) is 3.07. The maximum absolute atomic E-state index is 12.6.